The molecule has 1 aliphatic rings. The van der Waals surface area contributed by atoms with Crippen molar-refractivity contribution in [1.82, 2.24) is 0 Å². The van der Waals surface area contributed by atoms with Gasteiger partial charge in [-0.1, -0.05) is 11.6 Å². The number of esters is 1. The lowest BCUT2D eigenvalue weighted by Gasteiger charge is -2.07. The molecule has 0 spiro atoms. The minimum absolute atomic E-state index is 0.191. The molecule has 0 bridgehead atoms. The SMILES string of the molecule is CCOC(=O)c1ccc2c(c1Cl)CC(SC)S2(=O)=O. The standard InChI is InChI=1S/C12H13ClO4S2/c1-3-17-12(14)7-4-5-9-8(11(7)13)6-10(18-2)19(9,15)16/h4-5,10H,3,6H2,1-2H3. The summed E-state index contributed by atoms with van der Waals surface area (Å²) < 4.78 is 28.7. The van der Waals surface area contributed by atoms with Crippen molar-refractivity contribution in [3.63, 3.8) is 0 Å². The van der Waals surface area contributed by atoms with Crippen molar-refractivity contribution in [2.45, 2.75) is 22.8 Å². The van der Waals surface area contributed by atoms with Crippen LogP contribution in [0.25, 0.3) is 0 Å². The Morgan fingerprint density at radius 2 is 2.21 bits per heavy atom. The van der Waals surface area contributed by atoms with E-state index >= 15 is 0 Å². The number of halogens is 1. The number of hydrogen-bond donors (Lipinski definition) is 0. The van der Waals surface area contributed by atoms with E-state index in [9.17, 15) is 13.2 Å². The number of ether oxygens (including phenoxy) is 1. The smallest absolute Gasteiger partial charge is 0.339 e. The third kappa shape index (κ3) is 2.37. The number of rotatable bonds is 3. The van der Waals surface area contributed by atoms with Crippen molar-refractivity contribution in [3.05, 3.63) is 28.3 Å². The Morgan fingerprint density at radius 3 is 2.79 bits per heavy atom. The molecule has 0 fully saturated rings. The van der Waals surface area contributed by atoms with Crippen LogP contribution in [0.2, 0.25) is 5.02 Å². The van der Waals surface area contributed by atoms with Gasteiger partial charge in [-0.25, -0.2) is 13.2 Å². The Bertz CT molecular complexity index is 625. The van der Waals surface area contributed by atoms with Crippen LogP contribution in [0.3, 0.4) is 0 Å². The molecule has 4 nitrogen and oxygen atoms in total. The maximum Gasteiger partial charge on any atom is 0.339 e. The van der Waals surface area contributed by atoms with E-state index in [0.29, 0.717) is 12.0 Å². The van der Waals surface area contributed by atoms with E-state index in [1.54, 1.807) is 13.2 Å². The third-order valence-electron chi connectivity index (χ3n) is 2.98. The summed E-state index contributed by atoms with van der Waals surface area (Å²) in [6.45, 7) is 1.95. The van der Waals surface area contributed by atoms with Crippen LogP contribution in [0, 0.1) is 0 Å². The van der Waals surface area contributed by atoms with Crippen LogP contribution >= 0.6 is 23.4 Å². The van der Waals surface area contributed by atoms with Crippen LogP contribution in [0.4, 0.5) is 0 Å². The molecule has 7 heteroatoms. The van der Waals surface area contributed by atoms with E-state index in [1.165, 1.54) is 23.9 Å². The van der Waals surface area contributed by atoms with Crippen molar-refractivity contribution >= 4 is 39.2 Å². The molecule has 1 aliphatic heterocycles. The molecule has 19 heavy (non-hydrogen) atoms. The summed E-state index contributed by atoms with van der Waals surface area (Å²) >= 11 is 7.43. The molecule has 1 atom stereocenters. The molecule has 0 saturated heterocycles. The van der Waals surface area contributed by atoms with Gasteiger partial charge < -0.3 is 4.74 Å². The Kier molecular flexibility index (Phi) is 4.13. The Morgan fingerprint density at radius 1 is 1.53 bits per heavy atom. The molecule has 1 unspecified atom stereocenters. The highest BCUT2D eigenvalue weighted by atomic mass is 35.5. The Hall–Kier alpha value is -0.720. The van der Waals surface area contributed by atoms with Gasteiger partial charge in [0.2, 0.25) is 0 Å². The predicted octanol–water partition coefficient (Wildman–Crippen LogP) is 2.54. The van der Waals surface area contributed by atoms with Gasteiger partial charge >= 0.3 is 5.97 Å². The van der Waals surface area contributed by atoms with Gasteiger partial charge in [0.15, 0.2) is 9.84 Å². The second kappa shape index (κ2) is 5.34. The van der Waals surface area contributed by atoms with Crippen molar-refractivity contribution in [3.8, 4) is 0 Å². The molecule has 1 aromatic rings. The second-order valence-corrected chi connectivity index (χ2v) is 7.85. The largest absolute Gasteiger partial charge is 0.462 e. The maximum atomic E-state index is 12.2. The molecular formula is C12H13ClO4S2. The monoisotopic (exact) mass is 320 g/mol. The summed E-state index contributed by atoms with van der Waals surface area (Å²) in [5.41, 5.74) is 0.741. The fourth-order valence-electron chi connectivity index (χ4n) is 2.05. The van der Waals surface area contributed by atoms with Crippen LogP contribution in [-0.2, 0) is 21.0 Å². The van der Waals surface area contributed by atoms with E-state index in [2.05, 4.69) is 0 Å². The van der Waals surface area contributed by atoms with Crippen molar-refractivity contribution in [2.75, 3.05) is 12.9 Å². The van der Waals surface area contributed by atoms with Gasteiger partial charge in [0.25, 0.3) is 0 Å². The van der Waals surface area contributed by atoms with Crippen LogP contribution in [0.15, 0.2) is 17.0 Å². The second-order valence-electron chi connectivity index (χ2n) is 4.04. The lowest BCUT2D eigenvalue weighted by atomic mass is 10.1. The average molecular weight is 321 g/mol. The summed E-state index contributed by atoms with van der Waals surface area (Å²) in [6.07, 6.45) is 2.07. The van der Waals surface area contributed by atoms with Gasteiger partial charge in [-0.15, -0.1) is 11.8 Å². The minimum atomic E-state index is -3.35. The summed E-state index contributed by atoms with van der Waals surface area (Å²) in [5.74, 6) is -0.528. The lowest BCUT2D eigenvalue weighted by Crippen LogP contribution is -2.11. The normalized spacial score (nSPS) is 20.1. The molecule has 0 aliphatic carbocycles. The Labute approximate surface area is 121 Å². The number of benzene rings is 1. The first kappa shape index (κ1) is 14.7. The minimum Gasteiger partial charge on any atom is -0.462 e. The maximum absolute atomic E-state index is 12.2. The summed E-state index contributed by atoms with van der Waals surface area (Å²) in [6, 6.07) is 2.86. The highest BCUT2D eigenvalue weighted by Gasteiger charge is 2.38. The fraction of sp³-hybridized carbons (Fsp3) is 0.417. The number of fused-ring (bicyclic) bond motifs is 1. The van der Waals surface area contributed by atoms with Gasteiger partial charge in [-0.3, -0.25) is 0 Å². The lowest BCUT2D eigenvalue weighted by molar-refractivity contribution is 0.0526. The average Bonchev–Trinajstić information content (AvgIpc) is 2.62. The number of hydrogen-bond acceptors (Lipinski definition) is 5. The van der Waals surface area contributed by atoms with Crippen LogP contribution in [-0.4, -0.2) is 31.8 Å². The number of carbonyl (C=O) groups excluding carboxylic acids is 1. The van der Waals surface area contributed by atoms with Crippen LogP contribution in [0.5, 0.6) is 0 Å². The molecule has 0 N–H and O–H groups in total. The van der Waals surface area contributed by atoms with Gasteiger partial charge in [-0.2, -0.15) is 0 Å². The first-order valence-electron chi connectivity index (χ1n) is 5.68. The highest BCUT2D eigenvalue weighted by Crippen LogP contribution is 2.40. The van der Waals surface area contributed by atoms with E-state index in [0.717, 1.165) is 0 Å². The highest BCUT2D eigenvalue weighted by molar-refractivity contribution is 8.13. The van der Waals surface area contributed by atoms with Crippen LogP contribution in [0.1, 0.15) is 22.8 Å². The van der Waals surface area contributed by atoms with E-state index in [1.807, 2.05) is 0 Å². The summed E-state index contributed by atoms with van der Waals surface area (Å²) in [5, 5.41) is 0.191. The topological polar surface area (TPSA) is 60.4 Å². The van der Waals surface area contributed by atoms with Gasteiger partial charge in [0.05, 0.1) is 22.1 Å². The molecule has 2 rings (SSSR count). The van der Waals surface area contributed by atoms with Crippen molar-refractivity contribution in [2.24, 2.45) is 0 Å². The predicted molar refractivity (Wildman–Crippen MR) is 75.6 cm³/mol. The fourth-order valence-corrected chi connectivity index (χ4v) is 5.54. The molecule has 0 radical (unpaired) electrons. The molecular weight excluding hydrogens is 308 g/mol. The first-order chi connectivity index (χ1) is 8.93. The number of sulfone groups is 1. The molecule has 104 valence electrons. The molecule has 1 heterocycles. The van der Waals surface area contributed by atoms with Crippen molar-refractivity contribution < 1.29 is 17.9 Å². The zero-order chi connectivity index (χ0) is 14.2. The van der Waals surface area contributed by atoms with Crippen molar-refractivity contribution in [1.29, 1.82) is 0 Å². The summed E-state index contributed by atoms with van der Waals surface area (Å²) in [7, 11) is -3.35. The van der Waals surface area contributed by atoms with E-state index < -0.39 is 20.4 Å². The van der Waals surface area contributed by atoms with Gasteiger partial charge in [0.1, 0.15) is 4.58 Å². The van der Waals surface area contributed by atoms with Gasteiger partial charge in [-0.05, 0) is 30.9 Å². The van der Waals surface area contributed by atoms with E-state index in [4.69, 9.17) is 16.3 Å². The first-order valence-corrected chi connectivity index (χ1v) is 8.89. The van der Waals surface area contributed by atoms with Crippen LogP contribution < -0.4 is 0 Å². The molecule has 0 aromatic heterocycles. The molecule has 0 saturated carbocycles. The zero-order valence-corrected chi connectivity index (χ0v) is 12.9. The number of thioether (sulfide) groups is 1. The Balaban J connectivity index is 2.53. The summed E-state index contributed by atoms with van der Waals surface area (Å²) in [4.78, 5) is 11.9. The zero-order valence-electron chi connectivity index (χ0n) is 10.5. The van der Waals surface area contributed by atoms with E-state index in [-0.39, 0.29) is 22.1 Å². The molecule has 0 amide bonds. The van der Waals surface area contributed by atoms with Gasteiger partial charge in [0, 0.05) is 6.42 Å². The molecule has 1 aromatic carbocycles. The number of carbonyl (C=O) groups is 1. The quantitative estimate of drug-likeness (QED) is 0.801. The third-order valence-corrected chi connectivity index (χ3v) is 7.30.